The van der Waals surface area contributed by atoms with E-state index in [1.807, 2.05) is 6.92 Å². The van der Waals surface area contributed by atoms with Crippen LogP contribution in [0.4, 0.5) is 0 Å². The Kier molecular flexibility index (Phi) is 5.86. The molecule has 3 N–H and O–H groups in total. The van der Waals surface area contributed by atoms with Gasteiger partial charge in [-0.3, -0.25) is 11.3 Å². The summed E-state index contributed by atoms with van der Waals surface area (Å²) >= 11 is 1.79. The van der Waals surface area contributed by atoms with Crippen LogP contribution in [0.3, 0.4) is 0 Å². The van der Waals surface area contributed by atoms with E-state index >= 15 is 0 Å². The van der Waals surface area contributed by atoms with Crippen molar-refractivity contribution in [3.63, 3.8) is 0 Å². The number of hydrogen-bond donors (Lipinski definition) is 2. The first-order valence-corrected chi connectivity index (χ1v) is 6.26. The van der Waals surface area contributed by atoms with Crippen molar-refractivity contribution in [2.45, 2.75) is 38.8 Å². The first-order valence-electron chi connectivity index (χ1n) is 5.38. The molecule has 0 radical (unpaired) electrons. The summed E-state index contributed by atoms with van der Waals surface area (Å²) in [6.07, 6.45) is 2.24. The highest BCUT2D eigenvalue weighted by atomic mass is 32.1. The molecule has 0 aliphatic rings. The Hall–Kier alpha value is -0.420. The summed E-state index contributed by atoms with van der Waals surface area (Å²) in [6, 6.07) is 4.47. The largest absolute Gasteiger partial charge is 0.377 e. The minimum absolute atomic E-state index is 0.167. The molecule has 0 aromatic carbocycles. The minimum atomic E-state index is 0.167. The van der Waals surface area contributed by atoms with Gasteiger partial charge in [-0.15, -0.1) is 11.3 Å². The van der Waals surface area contributed by atoms with Gasteiger partial charge in [-0.1, -0.05) is 6.07 Å². The number of hydrogen-bond acceptors (Lipinski definition) is 4. The van der Waals surface area contributed by atoms with E-state index in [0.717, 1.165) is 19.4 Å². The molecule has 15 heavy (non-hydrogen) atoms. The molecular formula is C11H20N2OS. The first-order chi connectivity index (χ1) is 7.27. The lowest BCUT2D eigenvalue weighted by atomic mass is 10.1. The standard InChI is InChI=1S/C11H20N2OS/c1-3-14-9(2)11(13-12)7-6-10-5-4-8-15-10/h4-5,8-9,11,13H,3,6-7,12H2,1-2H3. The zero-order chi connectivity index (χ0) is 11.1. The van der Waals surface area contributed by atoms with Crippen molar-refractivity contribution in [1.82, 2.24) is 5.43 Å². The summed E-state index contributed by atoms with van der Waals surface area (Å²) in [5.41, 5.74) is 2.83. The minimum Gasteiger partial charge on any atom is -0.377 e. The maximum absolute atomic E-state index is 5.53. The molecule has 0 aliphatic carbocycles. The molecule has 1 aromatic heterocycles. The Bertz CT molecular complexity index is 251. The van der Waals surface area contributed by atoms with Gasteiger partial charge in [-0.2, -0.15) is 0 Å². The third-order valence-corrected chi connectivity index (χ3v) is 3.43. The molecule has 1 rings (SSSR count). The Morgan fingerprint density at radius 1 is 1.60 bits per heavy atom. The number of rotatable bonds is 7. The van der Waals surface area contributed by atoms with Crippen LogP contribution in [0.5, 0.6) is 0 Å². The van der Waals surface area contributed by atoms with Crippen LogP contribution in [0.15, 0.2) is 17.5 Å². The van der Waals surface area contributed by atoms with Gasteiger partial charge < -0.3 is 4.74 Å². The summed E-state index contributed by atoms with van der Waals surface area (Å²) in [4.78, 5) is 1.40. The van der Waals surface area contributed by atoms with E-state index in [-0.39, 0.29) is 12.1 Å². The summed E-state index contributed by atoms with van der Waals surface area (Å²) < 4.78 is 5.53. The molecule has 0 spiro atoms. The van der Waals surface area contributed by atoms with Crippen molar-refractivity contribution in [3.05, 3.63) is 22.4 Å². The molecule has 0 amide bonds. The molecule has 0 saturated heterocycles. The van der Waals surface area contributed by atoms with Crippen molar-refractivity contribution in [1.29, 1.82) is 0 Å². The van der Waals surface area contributed by atoms with Gasteiger partial charge in [0.2, 0.25) is 0 Å². The summed E-state index contributed by atoms with van der Waals surface area (Å²) in [7, 11) is 0. The number of thiophene rings is 1. The summed E-state index contributed by atoms with van der Waals surface area (Å²) in [6.45, 7) is 4.80. The molecule has 0 saturated carbocycles. The van der Waals surface area contributed by atoms with E-state index in [1.165, 1.54) is 4.88 Å². The Balaban J connectivity index is 2.33. The molecular weight excluding hydrogens is 208 g/mol. The van der Waals surface area contributed by atoms with Gasteiger partial charge in [-0.05, 0) is 38.1 Å². The lowest BCUT2D eigenvalue weighted by molar-refractivity contribution is 0.0454. The van der Waals surface area contributed by atoms with Gasteiger partial charge >= 0.3 is 0 Å². The highest BCUT2D eigenvalue weighted by Gasteiger charge is 2.15. The topological polar surface area (TPSA) is 47.3 Å². The normalized spacial score (nSPS) is 15.1. The predicted octanol–water partition coefficient (Wildman–Crippen LogP) is 1.94. The van der Waals surface area contributed by atoms with Gasteiger partial charge in [-0.25, -0.2) is 0 Å². The van der Waals surface area contributed by atoms with Crippen molar-refractivity contribution < 1.29 is 4.74 Å². The number of hydrazine groups is 1. The van der Waals surface area contributed by atoms with E-state index < -0.39 is 0 Å². The monoisotopic (exact) mass is 228 g/mol. The highest BCUT2D eigenvalue weighted by molar-refractivity contribution is 7.09. The maximum Gasteiger partial charge on any atom is 0.0713 e. The zero-order valence-corrected chi connectivity index (χ0v) is 10.2. The molecule has 0 bridgehead atoms. The van der Waals surface area contributed by atoms with E-state index in [2.05, 4.69) is 29.9 Å². The maximum atomic E-state index is 5.53. The fourth-order valence-corrected chi connectivity index (χ4v) is 2.31. The second-order valence-electron chi connectivity index (χ2n) is 3.55. The second-order valence-corrected chi connectivity index (χ2v) is 4.58. The van der Waals surface area contributed by atoms with Crippen LogP contribution in [0.2, 0.25) is 0 Å². The van der Waals surface area contributed by atoms with Gasteiger partial charge in [0.15, 0.2) is 0 Å². The SMILES string of the molecule is CCOC(C)C(CCc1cccs1)NN. The van der Waals surface area contributed by atoms with Gasteiger partial charge in [0.25, 0.3) is 0 Å². The first kappa shape index (κ1) is 12.6. The van der Waals surface area contributed by atoms with Crippen LogP contribution in [-0.2, 0) is 11.2 Å². The van der Waals surface area contributed by atoms with Gasteiger partial charge in [0.05, 0.1) is 6.10 Å². The molecule has 2 unspecified atom stereocenters. The molecule has 1 aromatic rings. The summed E-state index contributed by atoms with van der Waals surface area (Å²) in [5, 5.41) is 2.10. The van der Waals surface area contributed by atoms with Crippen LogP contribution >= 0.6 is 11.3 Å². The molecule has 2 atom stereocenters. The van der Waals surface area contributed by atoms with Crippen molar-refractivity contribution in [3.8, 4) is 0 Å². The second kappa shape index (κ2) is 6.95. The molecule has 4 heteroatoms. The number of aryl methyl sites for hydroxylation is 1. The van der Waals surface area contributed by atoms with Crippen LogP contribution in [0, 0.1) is 0 Å². The smallest absolute Gasteiger partial charge is 0.0713 e. The Morgan fingerprint density at radius 3 is 2.93 bits per heavy atom. The lowest BCUT2D eigenvalue weighted by Gasteiger charge is -2.22. The molecule has 0 fully saturated rings. The Labute approximate surface area is 95.6 Å². The number of ether oxygens (including phenoxy) is 1. The van der Waals surface area contributed by atoms with E-state index in [1.54, 1.807) is 11.3 Å². The van der Waals surface area contributed by atoms with E-state index in [4.69, 9.17) is 10.6 Å². The average Bonchev–Trinajstić information content (AvgIpc) is 2.72. The third kappa shape index (κ3) is 4.30. The van der Waals surface area contributed by atoms with Crippen LogP contribution in [0.1, 0.15) is 25.1 Å². The molecule has 0 aliphatic heterocycles. The van der Waals surface area contributed by atoms with Gasteiger partial charge in [0.1, 0.15) is 0 Å². The lowest BCUT2D eigenvalue weighted by Crippen LogP contribution is -2.44. The molecule has 1 heterocycles. The van der Waals surface area contributed by atoms with Crippen LogP contribution in [-0.4, -0.2) is 18.8 Å². The number of nitrogens with one attached hydrogen (secondary N) is 1. The van der Waals surface area contributed by atoms with Crippen molar-refractivity contribution in [2.24, 2.45) is 5.84 Å². The van der Waals surface area contributed by atoms with E-state index in [9.17, 15) is 0 Å². The average molecular weight is 228 g/mol. The van der Waals surface area contributed by atoms with Crippen molar-refractivity contribution >= 4 is 11.3 Å². The molecule has 86 valence electrons. The van der Waals surface area contributed by atoms with Gasteiger partial charge in [0, 0.05) is 17.5 Å². The van der Waals surface area contributed by atoms with Crippen LogP contribution in [0.25, 0.3) is 0 Å². The number of nitrogens with two attached hydrogens (primary N) is 1. The Morgan fingerprint density at radius 2 is 2.40 bits per heavy atom. The molecule has 3 nitrogen and oxygen atoms in total. The fourth-order valence-electron chi connectivity index (χ4n) is 1.59. The quantitative estimate of drug-likeness (QED) is 0.554. The fraction of sp³-hybridized carbons (Fsp3) is 0.636. The summed E-state index contributed by atoms with van der Waals surface area (Å²) in [5.74, 6) is 5.52. The predicted molar refractivity (Wildman–Crippen MR) is 64.8 cm³/mol. The van der Waals surface area contributed by atoms with Crippen LogP contribution < -0.4 is 11.3 Å². The van der Waals surface area contributed by atoms with Crippen molar-refractivity contribution in [2.75, 3.05) is 6.61 Å². The van der Waals surface area contributed by atoms with E-state index in [0.29, 0.717) is 0 Å². The zero-order valence-electron chi connectivity index (χ0n) is 9.40. The highest BCUT2D eigenvalue weighted by Crippen LogP contribution is 2.13. The third-order valence-electron chi connectivity index (χ3n) is 2.49.